The maximum Gasteiger partial charge on any atom is 0.345 e. The van der Waals surface area contributed by atoms with E-state index < -0.39 is 53.8 Å². The number of amides is 4. The molecule has 17 heteroatoms. The SMILES string of the molecule is CN(C)C(=O)CN1CCCN(C2CCN(CCC(CN(C)C(=O)c3ccc4c5c3OC(=O)CC(O)(CC(=O)O4)C(=O)O5)c3ccc(Cl)c(Cl)c3)CC2)C1=O. The monoisotopic (exact) mass is 787 g/mol. The second-order valence-electron chi connectivity index (χ2n) is 14.4. The second-order valence-corrected chi connectivity index (χ2v) is 15.3. The van der Waals surface area contributed by atoms with Crippen molar-refractivity contribution in [2.24, 2.45) is 0 Å². The Kier molecular flexibility index (Phi) is 11.7. The predicted molar refractivity (Wildman–Crippen MR) is 195 cm³/mol. The van der Waals surface area contributed by atoms with Crippen molar-refractivity contribution in [2.75, 3.05) is 67.0 Å². The van der Waals surface area contributed by atoms with Gasteiger partial charge in [0.05, 0.1) is 28.5 Å². The van der Waals surface area contributed by atoms with Gasteiger partial charge in [-0.1, -0.05) is 29.3 Å². The van der Waals surface area contributed by atoms with Crippen LogP contribution in [0.4, 0.5) is 4.79 Å². The van der Waals surface area contributed by atoms with E-state index in [1.807, 2.05) is 11.0 Å². The van der Waals surface area contributed by atoms with Crippen molar-refractivity contribution in [3.63, 3.8) is 0 Å². The largest absolute Gasteiger partial charge is 0.422 e. The molecule has 0 saturated carbocycles. The van der Waals surface area contributed by atoms with Gasteiger partial charge in [-0.05, 0) is 62.1 Å². The molecule has 54 heavy (non-hydrogen) atoms. The van der Waals surface area contributed by atoms with E-state index in [0.717, 1.165) is 37.9 Å². The maximum atomic E-state index is 14.1. The summed E-state index contributed by atoms with van der Waals surface area (Å²) in [7, 11) is 4.95. The van der Waals surface area contributed by atoms with Gasteiger partial charge in [0.25, 0.3) is 5.91 Å². The first-order valence-electron chi connectivity index (χ1n) is 17.8. The maximum absolute atomic E-state index is 14.1. The Hall–Kier alpha value is -4.44. The summed E-state index contributed by atoms with van der Waals surface area (Å²) in [6, 6.07) is 7.90. The molecule has 0 spiro atoms. The zero-order valence-electron chi connectivity index (χ0n) is 30.3. The first-order chi connectivity index (χ1) is 25.6. The molecule has 15 nitrogen and oxygen atoms in total. The van der Waals surface area contributed by atoms with Crippen molar-refractivity contribution in [1.29, 1.82) is 0 Å². The van der Waals surface area contributed by atoms with Crippen LogP contribution in [0.1, 0.15) is 60.4 Å². The van der Waals surface area contributed by atoms with Crippen LogP contribution in [0.15, 0.2) is 30.3 Å². The standard InChI is InChI=1S/C37H43Cl2N5O10/c1-40(2)29(45)21-43-12-4-13-44(36(43)50)24-10-15-42(16-11-24)14-9-23(22-5-7-26(38)27(39)17-22)20-41(3)34(48)25-6-8-28-33-32(25)53-31(47)19-37(51,35(49)54-33)18-30(46)52-28/h5-8,17,23-24,51H,4,9-16,18-21H2,1-3H3. The zero-order valence-corrected chi connectivity index (χ0v) is 31.9. The van der Waals surface area contributed by atoms with Gasteiger partial charge >= 0.3 is 23.9 Å². The van der Waals surface area contributed by atoms with Crippen molar-refractivity contribution >= 4 is 59.0 Å². The van der Waals surface area contributed by atoms with Crippen LogP contribution >= 0.6 is 23.2 Å². The Bertz CT molecular complexity index is 1850. The van der Waals surface area contributed by atoms with Crippen LogP contribution < -0.4 is 14.2 Å². The Balaban J connectivity index is 1.15. The van der Waals surface area contributed by atoms with Crippen LogP contribution in [-0.4, -0.2) is 144 Å². The number of nitrogens with zero attached hydrogens (tertiary/aromatic N) is 5. The number of carbonyl (C=O) groups is 6. The van der Waals surface area contributed by atoms with Crippen LogP contribution in [-0.2, 0) is 19.2 Å². The van der Waals surface area contributed by atoms with Gasteiger partial charge in [0.1, 0.15) is 6.54 Å². The molecule has 2 aromatic carbocycles. The number of likely N-dealkylation sites (tertiary alicyclic amines) is 1. The van der Waals surface area contributed by atoms with Crippen LogP contribution in [0, 0.1) is 0 Å². The third-order valence-corrected chi connectivity index (χ3v) is 11.1. The van der Waals surface area contributed by atoms with Crippen LogP contribution in [0.5, 0.6) is 17.2 Å². The Morgan fingerprint density at radius 3 is 2.30 bits per heavy atom. The van der Waals surface area contributed by atoms with Crippen LogP contribution in [0.2, 0.25) is 10.0 Å². The normalized spacial score (nSPS) is 21.3. The molecule has 4 heterocycles. The Morgan fingerprint density at radius 1 is 0.907 bits per heavy atom. The van der Waals surface area contributed by atoms with Gasteiger partial charge < -0.3 is 43.8 Å². The topological polar surface area (TPSA) is 167 Å². The molecule has 6 rings (SSSR count). The highest BCUT2D eigenvalue weighted by atomic mass is 35.5. The van der Waals surface area contributed by atoms with Crippen LogP contribution in [0.3, 0.4) is 0 Å². The fourth-order valence-electron chi connectivity index (χ4n) is 7.31. The molecule has 0 aliphatic carbocycles. The number of hydrogen-bond acceptors (Lipinski definition) is 11. The number of hydrogen-bond donors (Lipinski definition) is 1. The third kappa shape index (κ3) is 8.43. The number of likely N-dealkylation sites (N-methyl/N-ethyl adjacent to an activating group) is 2. The molecule has 2 saturated heterocycles. The fraction of sp³-hybridized carbons (Fsp3) is 0.514. The average Bonchev–Trinajstić information content (AvgIpc) is 3.12. The minimum atomic E-state index is -2.48. The number of urea groups is 1. The quantitative estimate of drug-likeness (QED) is 0.278. The molecule has 290 valence electrons. The van der Waals surface area contributed by atoms with Gasteiger partial charge in [0.15, 0.2) is 17.1 Å². The fourth-order valence-corrected chi connectivity index (χ4v) is 7.62. The lowest BCUT2D eigenvalue weighted by Crippen LogP contribution is -2.57. The predicted octanol–water partition coefficient (Wildman–Crippen LogP) is 3.17. The van der Waals surface area contributed by atoms with E-state index in [4.69, 9.17) is 37.4 Å². The number of ether oxygens (including phenoxy) is 3. The zero-order chi connectivity index (χ0) is 38.9. The van der Waals surface area contributed by atoms with Gasteiger partial charge in [-0.15, -0.1) is 0 Å². The minimum absolute atomic E-state index is 0.0698. The summed E-state index contributed by atoms with van der Waals surface area (Å²) in [6.45, 7) is 3.70. The first-order valence-corrected chi connectivity index (χ1v) is 18.6. The van der Waals surface area contributed by atoms with Crippen molar-refractivity contribution < 1.29 is 48.1 Å². The molecular weight excluding hydrogens is 745 g/mol. The van der Waals surface area contributed by atoms with Gasteiger partial charge in [0, 0.05) is 65.8 Å². The molecule has 4 amide bonds. The number of fused-ring (bicyclic) bond motifs is 2. The number of aliphatic hydroxyl groups is 1. The van der Waals surface area contributed by atoms with E-state index in [1.54, 1.807) is 38.2 Å². The lowest BCUT2D eigenvalue weighted by molar-refractivity contribution is -0.170. The Labute approximate surface area is 322 Å². The third-order valence-electron chi connectivity index (χ3n) is 10.4. The van der Waals surface area contributed by atoms with Crippen LogP contribution in [0.25, 0.3) is 0 Å². The molecule has 0 aromatic heterocycles. The average molecular weight is 789 g/mol. The highest BCUT2D eigenvalue weighted by molar-refractivity contribution is 6.42. The second kappa shape index (κ2) is 16.1. The lowest BCUT2D eigenvalue weighted by atomic mass is 9.93. The lowest BCUT2D eigenvalue weighted by Gasteiger charge is -2.43. The summed E-state index contributed by atoms with van der Waals surface area (Å²) < 4.78 is 16.1. The molecule has 2 bridgehead atoms. The van der Waals surface area contributed by atoms with Crippen molar-refractivity contribution in [3.05, 3.63) is 51.5 Å². The number of carbonyl (C=O) groups excluding carboxylic acids is 6. The number of rotatable bonds is 10. The van der Waals surface area contributed by atoms with Gasteiger partial charge in [-0.3, -0.25) is 19.2 Å². The van der Waals surface area contributed by atoms with E-state index in [0.29, 0.717) is 36.1 Å². The van der Waals surface area contributed by atoms with E-state index in [-0.39, 0.29) is 48.3 Å². The summed E-state index contributed by atoms with van der Waals surface area (Å²) in [4.78, 5) is 86.6. The van der Waals surface area contributed by atoms with Crippen molar-refractivity contribution in [3.8, 4) is 17.2 Å². The smallest absolute Gasteiger partial charge is 0.345 e. The Morgan fingerprint density at radius 2 is 1.61 bits per heavy atom. The molecule has 2 atom stereocenters. The number of esters is 3. The van der Waals surface area contributed by atoms with Gasteiger partial charge in [0.2, 0.25) is 11.7 Å². The number of piperidine rings is 1. The van der Waals surface area contributed by atoms with Crippen molar-refractivity contribution in [1.82, 2.24) is 24.5 Å². The highest BCUT2D eigenvalue weighted by Crippen LogP contribution is 2.45. The molecule has 0 radical (unpaired) electrons. The van der Waals surface area contributed by atoms with Gasteiger partial charge in [-0.2, -0.15) is 0 Å². The molecule has 4 aliphatic heterocycles. The summed E-state index contributed by atoms with van der Waals surface area (Å²) in [5.74, 6) is -5.21. The molecule has 2 aromatic rings. The molecule has 4 aliphatic rings. The first kappa shape index (κ1) is 39.3. The number of halogens is 2. The van der Waals surface area contributed by atoms with E-state index >= 15 is 0 Å². The van der Waals surface area contributed by atoms with Crippen molar-refractivity contribution in [2.45, 2.75) is 56.1 Å². The van der Waals surface area contributed by atoms with Gasteiger partial charge in [-0.25, -0.2) is 9.59 Å². The van der Waals surface area contributed by atoms with E-state index in [1.165, 1.54) is 21.9 Å². The summed E-state index contributed by atoms with van der Waals surface area (Å²) >= 11 is 12.7. The molecule has 2 fully saturated rings. The van der Waals surface area contributed by atoms with E-state index in [9.17, 15) is 33.9 Å². The molecule has 1 N–H and O–H groups in total. The number of benzene rings is 2. The summed E-state index contributed by atoms with van der Waals surface area (Å²) in [5, 5.41) is 11.5. The summed E-state index contributed by atoms with van der Waals surface area (Å²) in [6.07, 6.45) is 1.31. The highest BCUT2D eigenvalue weighted by Gasteiger charge is 2.48. The molecule has 2 unspecified atom stereocenters. The molecular formula is C37H43Cl2N5O10. The van der Waals surface area contributed by atoms with E-state index in [2.05, 4.69) is 4.90 Å². The summed E-state index contributed by atoms with van der Waals surface area (Å²) in [5.41, 5.74) is -1.75. The minimum Gasteiger partial charge on any atom is -0.422 e.